The Labute approximate surface area is 141 Å². The van der Waals surface area contributed by atoms with E-state index in [-0.39, 0.29) is 24.5 Å². The van der Waals surface area contributed by atoms with Crippen molar-refractivity contribution in [3.05, 3.63) is 11.6 Å². The molecule has 23 heavy (non-hydrogen) atoms. The third-order valence-corrected chi connectivity index (χ3v) is 7.33. The predicted molar refractivity (Wildman–Crippen MR) is 94.1 cm³/mol. The van der Waals surface area contributed by atoms with Crippen LogP contribution in [0.5, 0.6) is 0 Å². The Morgan fingerprint density at radius 1 is 1.13 bits per heavy atom. The zero-order chi connectivity index (χ0) is 17.3. The molecule has 0 unspecified atom stereocenters. The molecular weight excluding hydrogens is 288 g/mol. The SMILES string of the molecule is C[C@@H]1CC[C@H]2C(C)(C)CCC[C@]2(C)[C@@]1(O)CC/C(=C/CO)CO. The topological polar surface area (TPSA) is 60.7 Å². The summed E-state index contributed by atoms with van der Waals surface area (Å²) in [5.74, 6) is 0.844. The van der Waals surface area contributed by atoms with Crippen LogP contribution in [0.15, 0.2) is 11.6 Å². The summed E-state index contributed by atoms with van der Waals surface area (Å²) < 4.78 is 0. The summed E-state index contributed by atoms with van der Waals surface area (Å²) in [5.41, 5.74) is 0.402. The van der Waals surface area contributed by atoms with Gasteiger partial charge in [-0.1, -0.05) is 40.2 Å². The van der Waals surface area contributed by atoms with Gasteiger partial charge in [0, 0.05) is 0 Å². The fourth-order valence-electron chi connectivity index (χ4n) is 5.83. The molecular formula is C20H36O3. The lowest BCUT2D eigenvalue weighted by molar-refractivity contribution is -0.211. The van der Waals surface area contributed by atoms with Crippen LogP contribution in [0.1, 0.15) is 72.6 Å². The van der Waals surface area contributed by atoms with Crippen LogP contribution in [-0.4, -0.2) is 34.1 Å². The minimum atomic E-state index is -0.683. The molecule has 0 heterocycles. The van der Waals surface area contributed by atoms with Crippen LogP contribution in [0.25, 0.3) is 0 Å². The molecule has 0 amide bonds. The van der Waals surface area contributed by atoms with Gasteiger partial charge in [-0.15, -0.1) is 0 Å². The van der Waals surface area contributed by atoms with E-state index in [1.165, 1.54) is 19.3 Å². The van der Waals surface area contributed by atoms with Gasteiger partial charge < -0.3 is 15.3 Å². The fourth-order valence-corrected chi connectivity index (χ4v) is 5.83. The zero-order valence-corrected chi connectivity index (χ0v) is 15.4. The molecule has 0 aromatic rings. The molecule has 2 saturated carbocycles. The van der Waals surface area contributed by atoms with Gasteiger partial charge in [0.15, 0.2) is 0 Å². The number of rotatable bonds is 5. The standard InChI is InChI=1S/C20H36O3/c1-15-6-7-17-18(2,3)10-5-11-19(17,4)20(15,23)12-8-16(14-22)9-13-21/h9,15,17,21-23H,5-8,10-14H2,1-4H3/b16-9-/t15-,17+,19+,20-/m1/s1. The molecule has 0 aromatic heterocycles. The molecule has 0 bridgehead atoms. The number of hydrogen-bond donors (Lipinski definition) is 3. The van der Waals surface area contributed by atoms with Gasteiger partial charge >= 0.3 is 0 Å². The lowest BCUT2D eigenvalue weighted by Crippen LogP contribution is -2.62. The summed E-state index contributed by atoms with van der Waals surface area (Å²) in [6.07, 6.45) is 8.87. The monoisotopic (exact) mass is 324 g/mol. The molecule has 3 N–H and O–H groups in total. The van der Waals surface area contributed by atoms with Crippen LogP contribution in [0, 0.1) is 22.7 Å². The van der Waals surface area contributed by atoms with E-state index in [1.807, 2.05) is 0 Å². The van der Waals surface area contributed by atoms with Crippen LogP contribution in [0.4, 0.5) is 0 Å². The third kappa shape index (κ3) is 3.25. The van der Waals surface area contributed by atoms with Crippen molar-refractivity contribution in [1.82, 2.24) is 0 Å². The molecule has 0 aromatic carbocycles. The Balaban J connectivity index is 2.27. The highest BCUT2D eigenvalue weighted by Gasteiger charge is 2.60. The highest BCUT2D eigenvalue weighted by molar-refractivity contribution is 5.13. The van der Waals surface area contributed by atoms with Gasteiger partial charge in [0.1, 0.15) is 0 Å². The summed E-state index contributed by atoms with van der Waals surface area (Å²) in [6.45, 7) is 9.17. The maximum atomic E-state index is 11.8. The van der Waals surface area contributed by atoms with E-state index < -0.39 is 5.60 Å². The number of aliphatic hydroxyl groups is 3. The fraction of sp³-hybridized carbons (Fsp3) is 0.900. The van der Waals surface area contributed by atoms with E-state index in [0.29, 0.717) is 24.2 Å². The van der Waals surface area contributed by atoms with E-state index in [0.717, 1.165) is 18.4 Å². The molecule has 0 aliphatic heterocycles. The van der Waals surface area contributed by atoms with Gasteiger partial charge in [0.05, 0.1) is 18.8 Å². The third-order valence-electron chi connectivity index (χ3n) is 7.33. The minimum absolute atomic E-state index is 0.0311. The normalized spacial score (nSPS) is 40.7. The Kier molecular flexibility index (Phi) is 5.65. The second kappa shape index (κ2) is 6.85. The number of hydrogen-bond acceptors (Lipinski definition) is 3. The second-order valence-corrected chi connectivity index (χ2v) is 8.92. The molecule has 3 heteroatoms. The van der Waals surface area contributed by atoms with Gasteiger partial charge in [0.25, 0.3) is 0 Å². The Bertz CT molecular complexity index is 442. The molecule has 4 atom stereocenters. The van der Waals surface area contributed by atoms with E-state index >= 15 is 0 Å². The lowest BCUT2D eigenvalue weighted by Gasteiger charge is -2.63. The Morgan fingerprint density at radius 2 is 1.83 bits per heavy atom. The van der Waals surface area contributed by atoms with Crippen molar-refractivity contribution in [1.29, 1.82) is 0 Å². The van der Waals surface area contributed by atoms with Crippen molar-refractivity contribution in [2.24, 2.45) is 22.7 Å². The molecule has 3 nitrogen and oxygen atoms in total. The Morgan fingerprint density at radius 3 is 2.43 bits per heavy atom. The summed E-state index contributed by atoms with van der Waals surface area (Å²) in [4.78, 5) is 0. The highest BCUT2D eigenvalue weighted by atomic mass is 16.3. The van der Waals surface area contributed by atoms with Crippen LogP contribution >= 0.6 is 0 Å². The molecule has 0 saturated heterocycles. The van der Waals surface area contributed by atoms with Crippen LogP contribution in [-0.2, 0) is 0 Å². The van der Waals surface area contributed by atoms with E-state index in [4.69, 9.17) is 5.11 Å². The first-order chi connectivity index (χ1) is 10.7. The van der Waals surface area contributed by atoms with Crippen molar-refractivity contribution < 1.29 is 15.3 Å². The van der Waals surface area contributed by atoms with Crippen molar-refractivity contribution in [3.8, 4) is 0 Å². The largest absolute Gasteiger partial charge is 0.392 e. The van der Waals surface area contributed by atoms with Gasteiger partial charge in [-0.3, -0.25) is 0 Å². The van der Waals surface area contributed by atoms with Crippen LogP contribution in [0.3, 0.4) is 0 Å². The lowest BCUT2D eigenvalue weighted by atomic mass is 9.44. The minimum Gasteiger partial charge on any atom is -0.392 e. The Hall–Kier alpha value is -0.380. The van der Waals surface area contributed by atoms with Gasteiger partial charge in [-0.05, 0) is 66.8 Å². The first-order valence-electron chi connectivity index (χ1n) is 9.33. The molecule has 2 aliphatic carbocycles. The summed E-state index contributed by atoms with van der Waals surface area (Å²) in [5, 5.41) is 30.3. The predicted octanol–water partition coefficient (Wildman–Crippen LogP) is 3.67. The molecule has 134 valence electrons. The highest BCUT2D eigenvalue weighted by Crippen LogP contribution is 2.63. The van der Waals surface area contributed by atoms with E-state index in [2.05, 4.69) is 27.7 Å². The molecule has 2 fully saturated rings. The maximum absolute atomic E-state index is 11.8. The van der Waals surface area contributed by atoms with Gasteiger partial charge in [-0.2, -0.15) is 0 Å². The zero-order valence-electron chi connectivity index (χ0n) is 15.4. The maximum Gasteiger partial charge on any atom is 0.0732 e. The smallest absolute Gasteiger partial charge is 0.0732 e. The molecule has 0 spiro atoms. The quantitative estimate of drug-likeness (QED) is 0.676. The molecule has 2 rings (SSSR count). The summed E-state index contributed by atoms with van der Waals surface area (Å²) in [7, 11) is 0. The second-order valence-electron chi connectivity index (χ2n) is 8.92. The average molecular weight is 325 g/mol. The van der Waals surface area contributed by atoms with Crippen molar-refractivity contribution in [3.63, 3.8) is 0 Å². The van der Waals surface area contributed by atoms with Gasteiger partial charge in [-0.25, -0.2) is 0 Å². The number of aliphatic hydroxyl groups excluding tert-OH is 2. The summed E-state index contributed by atoms with van der Waals surface area (Å²) in [6, 6.07) is 0. The van der Waals surface area contributed by atoms with Crippen LogP contribution < -0.4 is 0 Å². The van der Waals surface area contributed by atoms with E-state index in [1.54, 1.807) is 6.08 Å². The number of fused-ring (bicyclic) bond motifs is 1. The van der Waals surface area contributed by atoms with Crippen LogP contribution in [0.2, 0.25) is 0 Å². The average Bonchev–Trinajstić information content (AvgIpc) is 2.48. The van der Waals surface area contributed by atoms with Crippen molar-refractivity contribution in [2.45, 2.75) is 78.2 Å². The van der Waals surface area contributed by atoms with Crippen molar-refractivity contribution >= 4 is 0 Å². The van der Waals surface area contributed by atoms with E-state index in [9.17, 15) is 10.2 Å². The van der Waals surface area contributed by atoms with Crippen molar-refractivity contribution in [2.75, 3.05) is 13.2 Å². The summed E-state index contributed by atoms with van der Waals surface area (Å²) >= 11 is 0. The first-order valence-corrected chi connectivity index (χ1v) is 9.33. The molecule has 2 aliphatic rings. The van der Waals surface area contributed by atoms with Gasteiger partial charge in [0.2, 0.25) is 0 Å². The molecule has 0 radical (unpaired) electrons. The first kappa shape index (κ1) is 19.0.